The number of rotatable bonds is 2. The third-order valence-corrected chi connectivity index (χ3v) is 3.33. The van der Waals surface area contributed by atoms with Crippen LogP contribution in [0.25, 0.3) is 0 Å². The number of halogens is 2. The molecule has 2 rings (SSSR count). The van der Waals surface area contributed by atoms with E-state index in [2.05, 4.69) is 26.4 Å². The van der Waals surface area contributed by atoms with E-state index in [1.165, 1.54) is 0 Å². The summed E-state index contributed by atoms with van der Waals surface area (Å²) in [6, 6.07) is 5.14. The molecule has 4 nitrogen and oxygen atoms in total. The van der Waals surface area contributed by atoms with Crippen LogP contribution in [0.2, 0.25) is 5.02 Å². The van der Waals surface area contributed by atoms with Gasteiger partial charge in [0, 0.05) is 9.50 Å². The SMILES string of the molecule is Cc1noc(C)c1C(=O)Nc1ccc(Cl)cc1Br. The number of nitrogens with one attached hydrogen (secondary N) is 1. The van der Waals surface area contributed by atoms with Gasteiger partial charge >= 0.3 is 0 Å². The van der Waals surface area contributed by atoms with Gasteiger partial charge in [-0.25, -0.2) is 0 Å². The lowest BCUT2D eigenvalue weighted by Gasteiger charge is -2.07. The number of nitrogens with zero attached hydrogens (tertiary/aromatic N) is 1. The molecule has 0 aliphatic heterocycles. The Balaban J connectivity index is 2.27. The van der Waals surface area contributed by atoms with Crippen LogP contribution in [0.3, 0.4) is 0 Å². The number of hydrogen-bond donors (Lipinski definition) is 1. The van der Waals surface area contributed by atoms with Crippen molar-refractivity contribution < 1.29 is 9.32 Å². The van der Waals surface area contributed by atoms with E-state index in [0.29, 0.717) is 27.7 Å². The highest BCUT2D eigenvalue weighted by molar-refractivity contribution is 9.10. The van der Waals surface area contributed by atoms with Gasteiger partial charge in [-0.1, -0.05) is 16.8 Å². The molecule has 1 aromatic heterocycles. The third-order valence-electron chi connectivity index (χ3n) is 2.44. The summed E-state index contributed by atoms with van der Waals surface area (Å²) in [6.45, 7) is 3.42. The maximum Gasteiger partial charge on any atom is 0.261 e. The molecule has 0 fully saturated rings. The number of aryl methyl sites for hydroxylation is 2. The summed E-state index contributed by atoms with van der Waals surface area (Å²) in [4.78, 5) is 12.1. The molecule has 1 heterocycles. The van der Waals surface area contributed by atoms with Crippen molar-refractivity contribution in [1.82, 2.24) is 5.16 Å². The highest BCUT2D eigenvalue weighted by Crippen LogP contribution is 2.26. The number of amides is 1. The van der Waals surface area contributed by atoms with E-state index in [1.54, 1.807) is 32.0 Å². The molecule has 1 N–H and O–H groups in total. The molecule has 0 unspecified atom stereocenters. The standard InChI is InChI=1S/C12H10BrClN2O2/c1-6-11(7(2)18-16-6)12(17)15-10-4-3-8(14)5-9(10)13/h3-5H,1-2H3,(H,15,17). The van der Waals surface area contributed by atoms with Crippen molar-refractivity contribution in [2.75, 3.05) is 5.32 Å². The van der Waals surface area contributed by atoms with Crippen molar-refractivity contribution in [1.29, 1.82) is 0 Å². The van der Waals surface area contributed by atoms with E-state index in [-0.39, 0.29) is 5.91 Å². The second-order valence-electron chi connectivity index (χ2n) is 3.78. The van der Waals surface area contributed by atoms with Crippen molar-refractivity contribution in [3.05, 3.63) is 44.7 Å². The first-order chi connectivity index (χ1) is 8.49. The molecule has 0 radical (unpaired) electrons. The van der Waals surface area contributed by atoms with Crippen LogP contribution in [0.5, 0.6) is 0 Å². The van der Waals surface area contributed by atoms with Crippen LogP contribution in [-0.4, -0.2) is 11.1 Å². The Morgan fingerprint density at radius 3 is 2.72 bits per heavy atom. The Bertz CT molecular complexity index is 591. The predicted molar refractivity (Wildman–Crippen MR) is 73.1 cm³/mol. The fourth-order valence-corrected chi connectivity index (χ4v) is 2.36. The second-order valence-corrected chi connectivity index (χ2v) is 5.07. The normalized spacial score (nSPS) is 10.4. The van der Waals surface area contributed by atoms with Gasteiger partial charge in [0.2, 0.25) is 0 Å². The van der Waals surface area contributed by atoms with Gasteiger partial charge < -0.3 is 9.84 Å². The monoisotopic (exact) mass is 328 g/mol. The van der Waals surface area contributed by atoms with Crippen LogP contribution in [0.4, 0.5) is 5.69 Å². The van der Waals surface area contributed by atoms with E-state index in [4.69, 9.17) is 16.1 Å². The number of aromatic nitrogens is 1. The molecule has 0 saturated heterocycles. The number of hydrogen-bond acceptors (Lipinski definition) is 3. The van der Waals surface area contributed by atoms with Crippen LogP contribution in [0.1, 0.15) is 21.8 Å². The topological polar surface area (TPSA) is 55.1 Å². The summed E-state index contributed by atoms with van der Waals surface area (Å²) in [5, 5.41) is 7.12. The summed E-state index contributed by atoms with van der Waals surface area (Å²) < 4.78 is 5.68. The van der Waals surface area contributed by atoms with Gasteiger partial charge in [-0.05, 0) is 48.0 Å². The molecule has 2 aromatic rings. The van der Waals surface area contributed by atoms with Crippen LogP contribution in [0, 0.1) is 13.8 Å². The van der Waals surface area contributed by atoms with Crippen molar-refractivity contribution in [3.63, 3.8) is 0 Å². The molecule has 1 aromatic carbocycles. The van der Waals surface area contributed by atoms with Gasteiger partial charge in [-0.3, -0.25) is 4.79 Å². The van der Waals surface area contributed by atoms with Crippen molar-refractivity contribution in [3.8, 4) is 0 Å². The smallest absolute Gasteiger partial charge is 0.261 e. The highest BCUT2D eigenvalue weighted by atomic mass is 79.9. The molecule has 94 valence electrons. The maximum atomic E-state index is 12.1. The second kappa shape index (κ2) is 5.12. The Morgan fingerprint density at radius 1 is 1.44 bits per heavy atom. The van der Waals surface area contributed by atoms with E-state index < -0.39 is 0 Å². The average molecular weight is 330 g/mol. The Morgan fingerprint density at radius 2 is 2.17 bits per heavy atom. The Labute approximate surface area is 117 Å². The zero-order valence-corrected chi connectivity index (χ0v) is 12.1. The summed E-state index contributed by atoms with van der Waals surface area (Å²) in [7, 11) is 0. The minimum Gasteiger partial charge on any atom is -0.361 e. The van der Waals surface area contributed by atoms with Crippen LogP contribution in [0.15, 0.2) is 27.2 Å². The molecule has 18 heavy (non-hydrogen) atoms. The summed E-state index contributed by atoms with van der Waals surface area (Å²) in [6.07, 6.45) is 0. The van der Waals surface area contributed by atoms with Gasteiger partial charge in [0.05, 0.1) is 11.4 Å². The zero-order valence-electron chi connectivity index (χ0n) is 9.75. The first-order valence-corrected chi connectivity index (χ1v) is 6.35. The molecule has 0 aliphatic carbocycles. The fourth-order valence-electron chi connectivity index (χ4n) is 1.58. The molecular formula is C12H10BrClN2O2. The maximum absolute atomic E-state index is 12.1. The molecule has 0 aliphatic rings. The van der Waals surface area contributed by atoms with Gasteiger partial charge in [0.25, 0.3) is 5.91 Å². The zero-order chi connectivity index (χ0) is 13.3. The van der Waals surface area contributed by atoms with Crippen LogP contribution >= 0.6 is 27.5 Å². The number of carbonyl (C=O) groups is 1. The molecule has 1 amide bonds. The lowest BCUT2D eigenvalue weighted by Crippen LogP contribution is -2.13. The molecule has 0 atom stereocenters. The number of carbonyl (C=O) groups excluding carboxylic acids is 1. The summed E-state index contributed by atoms with van der Waals surface area (Å²) in [5.74, 6) is 0.240. The molecule has 6 heteroatoms. The minimum absolute atomic E-state index is 0.255. The average Bonchev–Trinajstić information content (AvgIpc) is 2.62. The van der Waals surface area contributed by atoms with E-state index >= 15 is 0 Å². The van der Waals surface area contributed by atoms with Crippen molar-refractivity contribution >= 4 is 39.1 Å². The lowest BCUT2D eigenvalue weighted by atomic mass is 10.2. The summed E-state index contributed by atoms with van der Waals surface area (Å²) >= 11 is 9.17. The largest absolute Gasteiger partial charge is 0.361 e. The van der Waals surface area contributed by atoms with E-state index in [1.807, 2.05) is 0 Å². The van der Waals surface area contributed by atoms with E-state index in [0.717, 1.165) is 4.47 Å². The first-order valence-electron chi connectivity index (χ1n) is 5.18. The number of benzene rings is 1. The molecule has 0 bridgehead atoms. The highest BCUT2D eigenvalue weighted by Gasteiger charge is 2.18. The summed E-state index contributed by atoms with van der Waals surface area (Å²) in [5.41, 5.74) is 1.66. The molecule has 0 saturated carbocycles. The van der Waals surface area contributed by atoms with Gasteiger partial charge in [0.15, 0.2) is 0 Å². The quantitative estimate of drug-likeness (QED) is 0.907. The van der Waals surface area contributed by atoms with Gasteiger partial charge in [-0.2, -0.15) is 0 Å². The number of anilines is 1. The van der Waals surface area contributed by atoms with Crippen LogP contribution < -0.4 is 5.32 Å². The van der Waals surface area contributed by atoms with Gasteiger partial charge in [-0.15, -0.1) is 0 Å². The molecular weight excluding hydrogens is 320 g/mol. The first kappa shape index (κ1) is 13.1. The van der Waals surface area contributed by atoms with Crippen molar-refractivity contribution in [2.45, 2.75) is 13.8 Å². The molecule has 0 spiro atoms. The van der Waals surface area contributed by atoms with Crippen molar-refractivity contribution in [2.24, 2.45) is 0 Å². The Kier molecular flexibility index (Phi) is 3.73. The third kappa shape index (κ3) is 2.57. The van der Waals surface area contributed by atoms with Gasteiger partial charge in [0.1, 0.15) is 11.3 Å². The Hall–Kier alpha value is -1.33. The predicted octanol–water partition coefficient (Wildman–Crippen LogP) is 3.96. The lowest BCUT2D eigenvalue weighted by molar-refractivity contribution is 0.102. The fraction of sp³-hybridized carbons (Fsp3) is 0.167. The van der Waals surface area contributed by atoms with E-state index in [9.17, 15) is 4.79 Å². The van der Waals surface area contributed by atoms with Crippen LogP contribution in [-0.2, 0) is 0 Å². The minimum atomic E-state index is -0.255.